The van der Waals surface area contributed by atoms with Crippen molar-refractivity contribution in [3.05, 3.63) is 144 Å². The second-order valence-corrected chi connectivity index (χ2v) is 16.8. The number of phenolic OH excluding ortho intramolecular Hbond substituents is 2. The van der Waals surface area contributed by atoms with Crippen molar-refractivity contribution in [2.45, 2.75) is 0 Å². The zero-order chi connectivity index (χ0) is 49.5. The van der Waals surface area contributed by atoms with Gasteiger partial charge in [-0.3, -0.25) is 0 Å². The first-order valence-corrected chi connectivity index (χ1v) is 24.0. The summed E-state index contributed by atoms with van der Waals surface area (Å²) >= 11 is 0. The van der Waals surface area contributed by atoms with E-state index in [1.54, 1.807) is 38.5 Å². The van der Waals surface area contributed by atoms with Gasteiger partial charge in [0.15, 0.2) is 0 Å². The van der Waals surface area contributed by atoms with Crippen LogP contribution in [-0.2, 0) is 28.4 Å². The van der Waals surface area contributed by atoms with E-state index in [1.165, 1.54) is 0 Å². The number of rotatable bonds is 24. The molecule has 4 N–H and O–H groups in total. The molecule has 0 spiro atoms. The molecule has 0 unspecified atom stereocenters. The normalized spacial score (nSPS) is 11.9. The van der Waals surface area contributed by atoms with E-state index in [-0.39, 0.29) is 11.5 Å². The molecule has 72 heavy (non-hydrogen) atoms. The van der Waals surface area contributed by atoms with E-state index in [9.17, 15) is 10.2 Å². The van der Waals surface area contributed by atoms with Crippen molar-refractivity contribution in [3.8, 4) is 67.5 Å². The smallest absolute Gasteiger partial charge is 0.119 e. The fraction of sp³-hybridized carbons (Fsp3) is 0.241. The molecule has 3 aromatic heterocycles. The number of methoxy groups -OCH3 is 2. The summed E-state index contributed by atoms with van der Waals surface area (Å²) in [7, 11) is 3.29. The highest BCUT2D eigenvalue weighted by molar-refractivity contribution is 6.00. The molecule has 0 saturated carbocycles. The Labute approximate surface area is 418 Å². The Morgan fingerprint density at radius 3 is 0.889 bits per heavy atom. The summed E-state index contributed by atoms with van der Waals surface area (Å²) in [4.78, 5) is 18.3. The maximum Gasteiger partial charge on any atom is 0.119 e. The largest absolute Gasteiger partial charge is 0.508 e. The Kier molecular flexibility index (Phi) is 16.8. The Balaban J connectivity index is 1.14. The summed E-state index contributed by atoms with van der Waals surface area (Å²) in [6.45, 7) is 5.70. The lowest BCUT2D eigenvalue weighted by atomic mass is 10.0. The molecule has 0 atom stereocenters. The van der Waals surface area contributed by atoms with E-state index in [0.29, 0.717) is 90.8 Å². The third-order valence-electron chi connectivity index (χ3n) is 12.0. The van der Waals surface area contributed by atoms with Gasteiger partial charge < -0.3 is 58.1 Å². The summed E-state index contributed by atoms with van der Waals surface area (Å²) in [5.74, 6) is 1.75. The number of ether oxygens (including phenoxy) is 8. The van der Waals surface area contributed by atoms with Gasteiger partial charge in [0.2, 0.25) is 0 Å². The molecule has 2 aliphatic rings. The summed E-state index contributed by atoms with van der Waals surface area (Å²) in [5.41, 5.74) is 13.3. The Morgan fingerprint density at radius 1 is 0.333 bits per heavy atom. The van der Waals surface area contributed by atoms with Gasteiger partial charge in [-0.1, -0.05) is 48.5 Å². The highest BCUT2D eigenvalue weighted by atomic mass is 16.6. The molecular formula is C58H58N4O10. The maximum absolute atomic E-state index is 10.4. The Morgan fingerprint density at radius 2 is 0.597 bits per heavy atom. The molecule has 7 aromatic rings. The first kappa shape index (κ1) is 49.4. The van der Waals surface area contributed by atoms with Gasteiger partial charge in [0.05, 0.1) is 88.8 Å². The van der Waals surface area contributed by atoms with Crippen molar-refractivity contribution < 1.29 is 48.1 Å². The molecule has 370 valence electrons. The van der Waals surface area contributed by atoms with Crippen molar-refractivity contribution in [2.24, 2.45) is 0 Å². The van der Waals surface area contributed by atoms with Crippen LogP contribution in [0.4, 0.5) is 0 Å². The average molecular weight is 971 g/mol. The van der Waals surface area contributed by atoms with Gasteiger partial charge >= 0.3 is 0 Å². The van der Waals surface area contributed by atoms with E-state index in [0.717, 1.165) is 89.4 Å². The minimum atomic E-state index is 0.165. The highest BCUT2D eigenvalue weighted by Crippen LogP contribution is 2.39. The molecule has 2 aliphatic heterocycles. The van der Waals surface area contributed by atoms with Gasteiger partial charge in [-0.05, 0) is 119 Å². The highest BCUT2D eigenvalue weighted by Gasteiger charge is 2.19. The monoisotopic (exact) mass is 970 g/mol. The number of nitrogens with one attached hydrogen (secondary N) is 2. The predicted octanol–water partition coefficient (Wildman–Crippen LogP) is 10.9. The summed E-state index contributed by atoms with van der Waals surface area (Å²) in [6.07, 6.45) is 8.14. The number of hydrogen-bond donors (Lipinski definition) is 4. The van der Waals surface area contributed by atoms with E-state index >= 15 is 0 Å². The van der Waals surface area contributed by atoms with Crippen molar-refractivity contribution in [1.82, 2.24) is 19.9 Å². The van der Waals surface area contributed by atoms with Crippen molar-refractivity contribution in [3.63, 3.8) is 0 Å². The van der Waals surface area contributed by atoms with Crippen molar-refractivity contribution >= 4 is 46.4 Å². The molecule has 5 heterocycles. The van der Waals surface area contributed by atoms with E-state index in [4.69, 9.17) is 47.9 Å². The second kappa shape index (κ2) is 24.5. The zero-order valence-corrected chi connectivity index (χ0v) is 40.4. The molecule has 0 amide bonds. The van der Waals surface area contributed by atoms with Gasteiger partial charge in [0.25, 0.3) is 0 Å². The van der Waals surface area contributed by atoms with Gasteiger partial charge in [-0.2, -0.15) is 0 Å². The fourth-order valence-corrected chi connectivity index (χ4v) is 8.48. The Hall–Kier alpha value is -7.56. The molecule has 0 saturated heterocycles. The second-order valence-electron chi connectivity index (χ2n) is 16.8. The van der Waals surface area contributed by atoms with Crippen LogP contribution in [0.5, 0.6) is 23.0 Å². The number of hydrogen-bond acceptors (Lipinski definition) is 12. The lowest BCUT2D eigenvalue weighted by Crippen LogP contribution is -2.12. The molecule has 8 bridgehead atoms. The average Bonchev–Trinajstić information content (AvgIpc) is 4.26. The minimum Gasteiger partial charge on any atom is -0.508 e. The first-order valence-electron chi connectivity index (χ1n) is 24.0. The quantitative estimate of drug-likeness (QED) is 0.0423. The lowest BCUT2D eigenvalue weighted by molar-refractivity contribution is 0.0180. The number of phenols is 2. The number of H-pyrrole nitrogens is 2. The SMILES string of the molecule is COCCOCCOCCOc1ccc(-c2c3nc(c(-c4ccc(O)cc4)c4ccc([nH]4)c(-c4ccc(OCCOCCOCCOC)cc4)c4nc(c(-c5ccc(O)cc5)c5ccc2[nH]5)C=C4)C=C3)cc1. The number of nitrogens with zero attached hydrogens (tertiary/aromatic N) is 2. The lowest BCUT2D eigenvalue weighted by Gasteiger charge is -2.10. The third-order valence-corrected chi connectivity index (χ3v) is 12.0. The molecule has 4 aromatic carbocycles. The van der Waals surface area contributed by atoms with Crippen LogP contribution < -0.4 is 9.47 Å². The van der Waals surface area contributed by atoms with Crippen LogP contribution in [0.2, 0.25) is 0 Å². The van der Waals surface area contributed by atoms with Crippen LogP contribution in [0, 0.1) is 0 Å². The molecule has 14 nitrogen and oxygen atoms in total. The number of aromatic hydroxyl groups is 2. The molecule has 0 fully saturated rings. The molecule has 0 radical (unpaired) electrons. The molecule has 9 rings (SSSR count). The van der Waals surface area contributed by atoms with E-state index in [2.05, 4.69) is 34.2 Å². The standard InChI is InChI=1S/C58H58N4O10/c1-65-27-29-67-31-33-69-35-37-71-45-15-7-41(8-16-45)57-51-23-19-47(59-51)55(39-3-11-43(63)12-4-39)49-21-25-53(61-49)58(42-9-17-46(18-10-42)72-38-36-70-34-32-68-30-28-66-2)54-26-22-50(62-54)56(48-20-24-52(57)60-48)40-5-13-44(64)14-6-40/h3-26,59,62-64H,27-38H2,1-2H3. The summed E-state index contributed by atoms with van der Waals surface area (Å²) in [6, 6.07) is 38.6. The summed E-state index contributed by atoms with van der Waals surface area (Å²) < 4.78 is 44.5. The van der Waals surface area contributed by atoms with Crippen LogP contribution in [0.15, 0.2) is 121 Å². The third kappa shape index (κ3) is 12.3. The molecule has 0 aliphatic carbocycles. The maximum atomic E-state index is 10.4. The minimum absolute atomic E-state index is 0.165. The Bertz CT molecular complexity index is 2910. The van der Waals surface area contributed by atoms with Gasteiger partial charge in [0, 0.05) is 58.5 Å². The number of aromatic nitrogens is 4. The first-order chi connectivity index (χ1) is 35.4. The van der Waals surface area contributed by atoms with Crippen molar-refractivity contribution in [2.75, 3.05) is 93.5 Å². The van der Waals surface area contributed by atoms with Crippen molar-refractivity contribution in [1.29, 1.82) is 0 Å². The van der Waals surface area contributed by atoms with Gasteiger partial charge in [-0.15, -0.1) is 0 Å². The number of aromatic amines is 2. The van der Waals surface area contributed by atoms with Crippen LogP contribution in [0.1, 0.15) is 22.8 Å². The van der Waals surface area contributed by atoms with Crippen LogP contribution in [-0.4, -0.2) is 124 Å². The number of fused-ring (bicyclic) bond motifs is 8. The zero-order valence-electron chi connectivity index (χ0n) is 40.4. The fourth-order valence-electron chi connectivity index (χ4n) is 8.48. The van der Waals surface area contributed by atoms with Crippen LogP contribution >= 0.6 is 0 Å². The van der Waals surface area contributed by atoms with Crippen LogP contribution in [0.25, 0.3) is 90.9 Å². The predicted molar refractivity (Wildman–Crippen MR) is 282 cm³/mol. The van der Waals surface area contributed by atoms with E-state index in [1.807, 2.05) is 97.1 Å². The van der Waals surface area contributed by atoms with Gasteiger partial charge in [0.1, 0.15) is 36.2 Å². The number of benzene rings is 4. The topological polar surface area (TPSA) is 172 Å². The van der Waals surface area contributed by atoms with Gasteiger partial charge in [-0.25, -0.2) is 9.97 Å². The summed E-state index contributed by atoms with van der Waals surface area (Å²) in [5, 5.41) is 20.8. The van der Waals surface area contributed by atoms with E-state index < -0.39 is 0 Å². The molecule has 14 heteroatoms. The van der Waals surface area contributed by atoms with Crippen LogP contribution in [0.3, 0.4) is 0 Å². The molecular weight excluding hydrogens is 913 g/mol.